The van der Waals surface area contributed by atoms with E-state index in [1.807, 2.05) is 5.38 Å². The van der Waals surface area contributed by atoms with Gasteiger partial charge in [-0.15, -0.1) is 22.9 Å². The van der Waals surface area contributed by atoms with Gasteiger partial charge in [-0.05, 0) is 28.5 Å². The van der Waals surface area contributed by atoms with E-state index in [9.17, 15) is 4.39 Å². The Morgan fingerprint density at radius 1 is 1.46 bits per heavy atom. The van der Waals surface area contributed by atoms with Crippen LogP contribution in [0.3, 0.4) is 0 Å². The minimum Gasteiger partial charge on any atom is -0.396 e. The first kappa shape index (κ1) is 8.78. The fraction of sp³-hybridized carbons (Fsp3) is 0.111. The summed E-state index contributed by atoms with van der Waals surface area (Å²) in [6.45, 7) is 0. The number of benzene rings is 1. The van der Waals surface area contributed by atoms with Crippen molar-refractivity contribution < 1.29 is 4.39 Å². The second-order valence-electron chi connectivity index (χ2n) is 2.76. The fourth-order valence-corrected chi connectivity index (χ4v) is 2.52. The Bertz CT molecular complexity index is 452. The molecule has 0 aliphatic carbocycles. The number of hydrogen-bond acceptors (Lipinski definition) is 2. The first-order valence-electron chi connectivity index (χ1n) is 3.73. The molecule has 2 rings (SSSR count). The Hall–Kier alpha value is -0.800. The summed E-state index contributed by atoms with van der Waals surface area (Å²) in [5.41, 5.74) is 6.58. The zero-order valence-corrected chi connectivity index (χ0v) is 8.25. The van der Waals surface area contributed by atoms with Gasteiger partial charge in [-0.1, -0.05) is 0 Å². The van der Waals surface area contributed by atoms with E-state index in [1.165, 1.54) is 17.4 Å². The number of nitrogen functional groups attached to an aromatic ring is 1. The number of anilines is 1. The molecule has 0 fully saturated rings. The number of halogens is 2. The molecule has 1 heterocycles. The largest absolute Gasteiger partial charge is 0.396 e. The minimum atomic E-state index is -0.378. The third-order valence-electron chi connectivity index (χ3n) is 1.92. The minimum absolute atomic E-state index is 0.190. The van der Waals surface area contributed by atoms with Gasteiger partial charge in [0.2, 0.25) is 0 Å². The summed E-state index contributed by atoms with van der Waals surface area (Å²) in [5, 5.41) is 2.79. The molecule has 0 atom stereocenters. The van der Waals surface area contributed by atoms with Crippen LogP contribution >= 0.6 is 22.9 Å². The zero-order chi connectivity index (χ0) is 9.42. The van der Waals surface area contributed by atoms with Gasteiger partial charge in [0.15, 0.2) is 0 Å². The highest BCUT2D eigenvalue weighted by Gasteiger charge is 2.06. The van der Waals surface area contributed by atoms with E-state index >= 15 is 0 Å². The molecule has 1 aromatic heterocycles. The normalized spacial score (nSPS) is 10.9. The SMILES string of the molecule is Nc1cc2scc(CCl)c2cc1F. The van der Waals surface area contributed by atoms with E-state index in [0.29, 0.717) is 5.88 Å². The topological polar surface area (TPSA) is 26.0 Å². The number of nitrogens with two attached hydrogens (primary N) is 1. The molecule has 2 aromatic rings. The summed E-state index contributed by atoms with van der Waals surface area (Å²) >= 11 is 7.22. The molecule has 4 heteroatoms. The Labute approximate surface area is 83.9 Å². The monoisotopic (exact) mass is 215 g/mol. The van der Waals surface area contributed by atoms with Crippen LogP contribution in [0, 0.1) is 5.82 Å². The summed E-state index contributed by atoms with van der Waals surface area (Å²) in [7, 11) is 0. The molecule has 1 aromatic carbocycles. The maximum Gasteiger partial charge on any atom is 0.146 e. The Kier molecular flexibility index (Phi) is 2.14. The van der Waals surface area contributed by atoms with Gasteiger partial charge in [-0.2, -0.15) is 0 Å². The molecule has 0 bridgehead atoms. The molecule has 13 heavy (non-hydrogen) atoms. The highest BCUT2D eigenvalue weighted by molar-refractivity contribution is 7.17. The second kappa shape index (κ2) is 3.16. The summed E-state index contributed by atoms with van der Waals surface area (Å²) < 4.78 is 14.1. The van der Waals surface area contributed by atoms with Crippen molar-refractivity contribution in [3.05, 3.63) is 28.9 Å². The quantitative estimate of drug-likeness (QED) is 0.573. The van der Waals surface area contributed by atoms with Gasteiger partial charge in [-0.3, -0.25) is 0 Å². The van der Waals surface area contributed by atoms with Crippen LogP contribution in [-0.2, 0) is 5.88 Å². The molecule has 68 valence electrons. The van der Waals surface area contributed by atoms with Crippen molar-refractivity contribution in [1.82, 2.24) is 0 Å². The maximum atomic E-state index is 13.1. The van der Waals surface area contributed by atoms with Crippen molar-refractivity contribution in [3.8, 4) is 0 Å². The molecular weight excluding hydrogens is 209 g/mol. The molecular formula is C9H7ClFNS. The smallest absolute Gasteiger partial charge is 0.146 e. The molecule has 0 saturated carbocycles. The Balaban J connectivity index is 2.77. The highest BCUT2D eigenvalue weighted by atomic mass is 35.5. The second-order valence-corrected chi connectivity index (χ2v) is 3.94. The van der Waals surface area contributed by atoms with E-state index in [-0.39, 0.29) is 11.5 Å². The highest BCUT2D eigenvalue weighted by Crippen LogP contribution is 2.30. The van der Waals surface area contributed by atoms with E-state index in [1.54, 1.807) is 6.07 Å². The van der Waals surface area contributed by atoms with Crippen molar-refractivity contribution in [2.45, 2.75) is 5.88 Å². The lowest BCUT2D eigenvalue weighted by Gasteiger charge is -1.97. The standard InChI is InChI=1S/C9H7ClFNS/c10-3-5-4-13-9-2-8(12)7(11)1-6(5)9/h1-2,4H,3,12H2. The lowest BCUT2D eigenvalue weighted by Crippen LogP contribution is -1.89. The summed E-state index contributed by atoms with van der Waals surface area (Å²) in [6.07, 6.45) is 0. The lowest BCUT2D eigenvalue weighted by atomic mass is 10.2. The summed E-state index contributed by atoms with van der Waals surface area (Å²) in [5.74, 6) is 0.0286. The van der Waals surface area contributed by atoms with Crippen LogP contribution < -0.4 is 5.73 Å². The van der Waals surface area contributed by atoms with Crippen LogP contribution in [0.1, 0.15) is 5.56 Å². The molecule has 0 saturated heterocycles. The van der Waals surface area contributed by atoms with Crippen molar-refractivity contribution in [2.24, 2.45) is 0 Å². The predicted molar refractivity (Wildman–Crippen MR) is 55.8 cm³/mol. The van der Waals surface area contributed by atoms with Crippen LogP contribution in [0.25, 0.3) is 10.1 Å². The Morgan fingerprint density at radius 2 is 2.23 bits per heavy atom. The number of alkyl halides is 1. The van der Waals surface area contributed by atoms with Crippen molar-refractivity contribution in [1.29, 1.82) is 0 Å². The number of thiophene rings is 1. The molecule has 0 amide bonds. The van der Waals surface area contributed by atoms with Gasteiger partial charge in [-0.25, -0.2) is 4.39 Å². The maximum absolute atomic E-state index is 13.1. The van der Waals surface area contributed by atoms with Crippen molar-refractivity contribution >= 4 is 38.7 Å². The molecule has 0 aliphatic rings. The van der Waals surface area contributed by atoms with E-state index < -0.39 is 0 Å². The first-order valence-corrected chi connectivity index (χ1v) is 5.15. The van der Waals surface area contributed by atoms with Crippen LogP contribution in [0.5, 0.6) is 0 Å². The summed E-state index contributed by atoms with van der Waals surface area (Å²) in [4.78, 5) is 0. The molecule has 0 spiro atoms. The van der Waals surface area contributed by atoms with E-state index in [2.05, 4.69) is 0 Å². The number of rotatable bonds is 1. The van der Waals surface area contributed by atoms with Crippen LogP contribution in [0.4, 0.5) is 10.1 Å². The van der Waals surface area contributed by atoms with Gasteiger partial charge >= 0.3 is 0 Å². The number of hydrogen-bond donors (Lipinski definition) is 1. The van der Waals surface area contributed by atoms with E-state index in [0.717, 1.165) is 15.6 Å². The molecule has 0 unspecified atom stereocenters. The van der Waals surface area contributed by atoms with Gasteiger partial charge < -0.3 is 5.73 Å². The van der Waals surface area contributed by atoms with Crippen LogP contribution in [0.15, 0.2) is 17.5 Å². The lowest BCUT2D eigenvalue weighted by molar-refractivity contribution is 0.634. The Morgan fingerprint density at radius 3 is 2.92 bits per heavy atom. The average molecular weight is 216 g/mol. The molecule has 2 N–H and O–H groups in total. The number of fused-ring (bicyclic) bond motifs is 1. The van der Waals surface area contributed by atoms with Gasteiger partial charge in [0.1, 0.15) is 5.82 Å². The van der Waals surface area contributed by atoms with Crippen LogP contribution in [-0.4, -0.2) is 0 Å². The third kappa shape index (κ3) is 1.38. The van der Waals surface area contributed by atoms with Gasteiger partial charge in [0.05, 0.1) is 5.69 Å². The summed E-state index contributed by atoms with van der Waals surface area (Å²) in [6, 6.07) is 3.09. The predicted octanol–water partition coefficient (Wildman–Crippen LogP) is 3.36. The zero-order valence-electron chi connectivity index (χ0n) is 6.68. The molecule has 0 aliphatic heterocycles. The molecule has 1 nitrogen and oxygen atoms in total. The fourth-order valence-electron chi connectivity index (χ4n) is 1.22. The van der Waals surface area contributed by atoms with Crippen molar-refractivity contribution in [2.75, 3.05) is 5.73 Å². The van der Waals surface area contributed by atoms with Gasteiger partial charge in [0.25, 0.3) is 0 Å². The van der Waals surface area contributed by atoms with Crippen LogP contribution in [0.2, 0.25) is 0 Å². The first-order chi connectivity index (χ1) is 6.22. The average Bonchev–Trinajstić information content (AvgIpc) is 2.48. The van der Waals surface area contributed by atoms with E-state index in [4.69, 9.17) is 17.3 Å². The van der Waals surface area contributed by atoms with Gasteiger partial charge in [0, 0.05) is 10.6 Å². The third-order valence-corrected chi connectivity index (χ3v) is 3.20. The van der Waals surface area contributed by atoms with Crippen molar-refractivity contribution in [3.63, 3.8) is 0 Å². The molecule has 0 radical (unpaired) electrons.